The van der Waals surface area contributed by atoms with Crippen LogP contribution in [0.5, 0.6) is 0 Å². The predicted octanol–water partition coefficient (Wildman–Crippen LogP) is 3.40. The molecule has 2 N–H and O–H groups in total. The van der Waals surface area contributed by atoms with Crippen molar-refractivity contribution in [1.29, 1.82) is 0 Å². The largest absolute Gasteiger partial charge is 0.612 e. The molecule has 0 aromatic heterocycles. The Labute approximate surface area is 451 Å². The van der Waals surface area contributed by atoms with Crippen molar-refractivity contribution in [1.82, 2.24) is 17.3 Å². The van der Waals surface area contributed by atoms with Gasteiger partial charge in [-0.1, -0.05) is 29.7 Å². The maximum Gasteiger partial charge on any atom is 0.612 e. The summed E-state index contributed by atoms with van der Waals surface area (Å²) in [4.78, 5) is 0. The van der Waals surface area contributed by atoms with Gasteiger partial charge in [-0.2, -0.15) is 0 Å². The van der Waals surface area contributed by atoms with E-state index < -0.39 is 71.7 Å². The van der Waals surface area contributed by atoms with E-state index in [1.807, 2.05) is 41.5 Å². The summed E-state index contributed by atoms with van der Waals surface area (Å²) in [5.74, 6) is 0. The van der Waals surface area contributed by atoms with Gasteiger partial charge in [0.15, 0.2) is 0 Å². The van der Waals surface area contributed by atoms with Gasteiger partial charge in [-0.3, -0.25) is 0 Å². The lowest BCUT2D eigenvalue weighted by molar-refractivity contribution is 0.0284. The highest BCUT2D eigenvalue weighted by molar-refractivity contribution is 6.82. The highest BCUT2D eigenvalue weighted by Crippen LogP contribution is 2.26. The summed E-state index contributed by atoms with van der Waals surface area (Å²) in [6.07, 6.45) is 0. The van der Waals surface area contributed by atoms with Crippen LogP contribution in [0, 0.1) is 0 Å². The summed E-state index contributed by atoms with van der Waals surface area (Å²) in [6.45, 7) is 14.2. The van der Waals surface area contributed by atoms with Gasteiger partial charge in [0.25, 0.3) is 0 Å². The Morgan fingerprint density at radius 3 is 0.556 bits per heavy atom. The van der Waals surface area contributed by atoms with E-state index in [9.17, 15) is 0 Å². The average Bonchev–Trinajstić information content (AvgIpc) is 3.36. The Morgan fingerprint density at radius 2 is 0.431 bits per heavy atom. The minimum Gasteiger partial charge on any atom is -0.365 e. The summed E-state index contributed by atoms with van der Waals surface area (Å²) < 4.78 is 138. The van der Waals surface area contributed by atoms with Crippen LogP contribution >= 0.6 is 11.8 Å². The van der Waals surface area contributed by atoms with Crippen LogP contribution in [0.1, 0.15) is 71.2 Å². The molecule has 0 aliphatic carbocycles. The SMILES string of the molecule is C.C.C.C.CCO[Si](N[Si](OCC)(OCC)OCC)(OCC)OCC.CO[Si](N[Si](OC)(OC)OC)(OC)OC.CO[Si](OC)(OC)N(C)[Si](OC)(OC)OC.CO[Si](OC)(OC)N(Cl)[Si](OC)(OC)OC. The Kier molecular flexibility index (Phi) is 59.5. The maximum absolute atomic E-state index is 6.13. The van der Waals surface area contributed by atoms with Gasteiger partial charge in [0, 0.05) is 168 Å². The molecule has 0 atom stereocenters. The second-order valence-corrected chi connectivity index (χ2v) is 35.4. The van der Waals surface area contributed by atoms with Crippen LogP contribution in [-0.2, 0) is 106 Å². The van der Waals surface area contributed by atoms with E-state index in [-0.39, 0.29) is 29.7 Å². The Morgan fingerprint density at radius 1 is 0.278 bits per heavy atom. The molecule has 0 radical (unpaired) electrons. The van der Waals surface area contributed by atoms with Crippen LogP contribution in [-0.4, -0.2) is 254 Å². The van der Waals surface area contributed by atoms with Crippen LogP contribution in [0.2, 0.25) is 0 Å². The van der Waals surface area contributed by atoms with Crippen molar-refractivity contribution in [2.45, 2.75) is 71.2 Å². The zero-order chi connectivity index (χ0) is 53.8. The number of nitrogens with one attached hydrogen (secondary N) is 2. The fraction of sp³-hybridized carbons (Fsp3) is 1.00. The second-order valence-electron chi connectivity index (χ2n) is 11.7. The average molecular weight is 1230 g/mol. The van der Waals surface area contributed by atoms with Gasteiger partial charge in [0.1, 0.15) is 0 Å². The van der Waals surface area contributed by atoms with Crippen molar-refractivity contribution in [2.75, 3.05) is 175 Å². The minimum absolute atomic E-state index is 0. The molecule has 0 heterocycles. The van der Waals surface area contributed by atoms with Gasteiger partial charge in [-0.15, -0.1) is 3.75 Å². The molecule has 0 aliphatic rings. The smallest absolute Gasteiger partial charge is 0.365 e. The van der Waals surface area contributed by atoms with Gasteiger partial charge < -0.3 is 106 Å². The van der Waals surface area contributed by atoms with E-state index in [0.29, 0.717) is 39.6 Å². The van der Waals surface area contributed by atoms with Crippen molar-refractivity contribution in [3.05, 3.63) is 0 Å². The Bertz CT molecular complexity index is 980. The van der Waals surface area contributed by atoms with E-state index in [1.54, 1.807) is 11.3 Å². The first-order chi connectivity index (χ1) is 32.2. The number of hydrogen-bond acceptors (Lipinski definition) is 28. The van der Waals surface area contributed by atoms with E-state index in [1.165, 1.54) is 128 Å². The molecule has 0 aromatic rings. The summed E-state index contributed by atoms with van der Waals surface area (Å²) in [5, 5.41) is 0. The first-order valence-electron chi connectivity index (χ1n) is 20.7. The third kappa shape index (κ3) is 26.2. The standard InChI is InChI=1S/C12H31NO6Si2.C7H21NO6Si2.C6H18ClNO6Si2.C6H19NO6Si2.4CH4/c1-7-14-20(15-8-2,16-9-3)13-21(17-10-4,18-11-5)19-12-6;1-8(15(9-2,10-3)11-4)16(12-5,13-6)14-7;1-9-15(10-2,11-3)8(7)16(12-4,13-5)14-6;1-8-14(9-2,10-3)7-15(11-4,12-5)13-6;;;;/h13H,7-12H2,1-6H3;1-7H3;1-6H3;7H,1-6H3;4*1H4. The van der Waals surface area contributed by atoms with Crippen LogP contribution in [0.3, 0.4) is 0 Å². The van der Waals surface area contributed by atoms with Crippen LogP contribution in [0.15, 0.2) is 0 Å². The third-order valence-corrected chi connectivity index (χ3v) is 34.1. The lowest BCUT2D eigenvalue weighted by Gasteiger charge is -2.39. The molecule has 0 aromatic carbocycles. The molecule has 0 saturated carbocycles. The van der Waals surface area contributed by atoms with Gasteiger partial charge >= 0.3 is 71.7 Å². The zero-order valence-electron chi connectivity index (χ0n) is 45.3. The maximum atomic E-state index is 6.13. The minimum atomic E-state index is -3.23. The molecule has 0 aliphatic heterocycles. The molecule has 0 unspecified atom stereocenters. The predicted molar refractivity (Wildman–Crippen MR) is 291 cm³/mol. The molecule has 72 heavy (non-hydrogen) atoms. The van der Waals surface area contributed by atoms with E-state index in [4.69, 9.17) is 118 Å². The third-order valence-electron chi connectivity index (χ3n) is 8.63. The highest BCUT2D eigenvalue weighted by atomic mass is 35.5. The first-order valence-corrected chi connectivity index (χ1v) is 34.7. The molecule has 28 nitrogen and oxygen atoms in total. The van der Waals surface area contributed by atoms with Crippen molar-refractivity contribution >= 4 is 83.5 Å². The molecule has 0 fully saturated rings. The number of hydrogen-bond donors (Lipinski definition) is 2. The fourth-order valence-corrected chi connectivity index (χ4v) is 28.2. The normalized spacial score (nSPS) is 12.5. The van der Waals surface area contributed by atoms with Gasteiger partial charge in [0.2, 0.25) is 0 Å². The number of nitrogens with zero attached hydrogens (tertiary/aromatic N) is 2. The fourth-order valence-electron chi connectivity index (χ4n) is 5.43. The van der Waals surface area contributed by atoms with Crippen molar-refractivity contribution in [3.8, 4) is 0 Å². The quantitative estimate of drug-likeness (QED) is 0.0664. The van der Waals surface area contributed by atoms with Gasteiger partial charge in [0.05, 0.1) is 0 Å². The highest BCUT2D eigenvalue weighted by Gasteiger charge is 2.63. The monoisotopic (exact) mass is 1220 g/mol. The number of halogens is 1. The summed E-state index contributed by atoms with van der Waals surface area (Å²) >= 11 is 6.13. The Balaban J connectivity index is -0.000000125. The molecular formula is C35H105ClN4O24Si8. The molecule has 0 spiro atoms. The summed E-state index contributed by atoms with van der Waals surface area (Å²) in [7, 11) is 3.57. The van der Waals surface area contributed by atoms with Crippen molar-refractivity contribution in [2.24, 2.45) is 0 Å². The first kappa shape index (κ1) is 89.5. The van der Waals surface area contributed by atoms with Crippen LogP contribution < -0.4 is 9.30 Å². The molecule has 448 valence electrons. The lowest BCUT2D eigenvalue weighted by atomic mass is 10.9. The number of rotatable bonds is 38. The second kappa shape index (κ2) is 47.9. The molecular weight excluding hydrogens is 1120 g/mol. The molecule has 0 saturated heterocycles. The van der Waals surface area contributed by atoms with E-state index in [2.05, 4.69) is 9.30 Å². The molecule has 0 amide bonds. The molecule has 0 bridgehead atoms. The van der Waals surface area contributed by atoms with Gasteiger partial charge in [-0.05, 0) is 60.4 Å². The summed E-state index contributed by atoms with van der Waals surface area (Å²) in [5.41, 5.74) is 0. The summed E-state index contributed by atoms with van der Waals surface area (Å²) in [6, 6.07) is 0. The lowest BCUT2D eigenvalue weighted by Crippen LogP contribution is -2.73. The van der Waals surface area contributed by atoms with E-state index >= 15 is 0 Å². The van der Waals surface area contributed by atoms with Crippen molar-refractivity contribution < 1.29 is 106 Å². The zero-order valence-corrected chi connectivity index (χ0v) is 54.1. The molecule has 0 rings (SSSR count). The molecule has 37 heteroatoms. The van der Waals surface area contributed by atoms with Gasteiger partial charge in [-0.25, -0.2) is 13.5 Å². The van der Waals surface area contributed by atoms with E-state index in [0.717, 1.165) is 3.75 Å². The topological polar surface area (TPSA) is 252 Å². The van der Waals surface area contributed by atoms with Crippen molar-refractivity contribution in [3.63, 3.8) is 0 Å². The van der Waals surface area contributed by atoms with Crippen LogP contribution in [0.25, 0.3) is 0 Å². The van der Waals surface area contributed by atoms with Crippen LogP contribution in [0.4, 0.5) is 0 Å². The Hall–Kier alpha value is 0.905.